The molecule has 7 nitrogen and oxygen atoms in total. The molecular weight excluding hydrogens is 398 g/mol. The third-order valence-electron chi connectivity index (χ3n) is 7.06. The van der Waals surface area contributed by atoms with Crippen molar-refractivity contribution in [3.63, 3.8) is 0 Å². The Hall–Kier alpha value is -2.64. The summed E-state index contributed by atoms with van der Waals surface area (Å²) in [6.07, 6.45) is 11.6. The number of tetrazole rings is 1. The smallest absolute Gasteiger partial charge is 0.173 e. The molecule has 2 aromatic heterocycles. The van der Waals surface area contributed by atoms with Gasteiger partial charge >= 0.3 is 0 Å². The van der Waals surface area contributed by atoms with E-state index in [1.54, 1.807) is 0 Å². The van der Waals surface area contributed by atoms with Crippen LogP contribution in [0.25, 0.3) is 0 Å². The van der Waals surface area contributed by atoms with Gasteiger partial charge in [0.15, 0.2) is 5.82 Å². The predicted molar refractivity (Wildman–Crippen MR) is 124 cm³/mol. The van der Waals surface area contributed by atoms with E-state index in [1.165, 1.54) is 37.7 Å². The highest BCUT2D eigenvalue weighted by Gasteiger charge is 2.32. The molecule has 32 heavy (non-hydrogen) atoms. The van der Waals surface area contributed by atoms with E-state index in [9.17, 15) is 0 Å². The largest absolute Gasteiger partial charge is 0.298 e. The van der Waals surface area contributed by atoms with Gasteiger partial charge in [0.05, 0.1) is 6.04 Å². The first kappa shape index (κ1) is 21.2. The van der Waals surface area contributed by atoms with Crippen molar-refractivity contribution in [2.75, 3.05) is 26.2 Å². The standard InChI is InChI=1S/C25H33N7/c1-3-8-21(9-4-1)13-15-32-25(27-28-29-32)24(22-10-7-14-26-20-22)31-18-16-30(17-19-31)23-11-5-2-6-12-23/h1,3-4,7-10,14,20,23-24H,2,5-6,11-13,15-19H2. The quantitative estimate of drug-likeness (QED) is 0.572. The molecule has 2 aliphatic rings. The Morgan fingerprint density at radius 3 is 2.47 bits per heavy atom. The van der Waals surface area contributed by atoms with E-state index < -0.39 is 0 Å². The maximum absolute atomic E-state index is 4.51. The Morgan fingerprint density at radius 2 is 1.72 bits per heavy atom. The molecule has 1 aliphatic heterocycles. The molecule has 0 amide bonds. The zero-order valence-electron chi connectivity index (χ0n) is 18.8. The van der Waals surface area contributed by atoms with Gasteiger partial charge in [-0.25, -0.2) is 4.68 Å². The molecule has 168 valence electrons. The number of rotatable bonds is 7. The van der Waals surface area contributed by atoms with Crippen LogP contribution in [0.4, 0.5) is 0 Å². The van der Waals surface area contributed by atoms with Crippen molar-refractivity contribution < 1.29 is 0 Å². The number of hydrogen-bond donors (Lipinski definition) is 0. The highest BCUT2D eigenvalue weighted by Crippen LogP contribution is 2.30. The minimum absolute atomic E-state index is 0.0305. The fourth-order valence-electron chi connectivity index (χ4n) is 5.31. The summed E-state index contributed by atoms with van der Waals surface area (Å²) in [5.41, 5.74) is 2.46. The first-order valence-corrected chi connectivity index (χ1v) is 12.1. The van der Waals surface area contributed by atoms with Gasteiger partial charge in [0.1, 0.15) is 0 Å². The highest BCUT2D eigenvalue weighted by atomic mass is 15.6. The normalized spacial score (nSPS) is 19.8. The lowest BCUT2D eigenvalue weighted by Gasteiger charge is -2.43. The van der Waals surface area contributed by atoms with Crippen LogP contribution in [0.1, 0.15) is 55.1 Å². The minimum Gasteiger partial charge on any atom is -0.298 e. The molecule has 1 saturated carbocycles. The van der Waals surface area contributed by atoms with Crippen LogP contribution in [0.5, 0.6) is 0 Å². The number of piperazine rings is 1. The lowest BCUT2D eigenvalue weighted by molar-refractivity contribution is 0.0619. The van der Waals surface area contributed by atoms with Crippen LogP contribution in [0.3, 0.4) is 0 Å². The molecular formula is C25H33N7. The van der Waals surface area contributed by atoms with Crippen molar-refractivity contribution in [1.82, 2.24) is 35.0 Å². The summed E-state index contributed by atoms with van der Waals surface area (Å²) in [6, 6.07) is 15.5. The molecule has 1 aliphatic carbocycles. The van der Waals surface area contributed by atoms with Crippen LogP contribution < -0.4 is 0 Å². The van der Waals surface area contributed by atoms with Gasteiger partial charge < -0.3 is 0 Å². The van der Waals surface area contributed by atoms with E-state index in [4.69, 9.17) is 0 Å². The summed E-state index contributed by atoms with van der Waals surface area (Å²) in [4.78, 5) is 9.67. The third-order valence-corrected chi connectivity index (χ3v) is 7.06. The van der Waals surface area contributed by atoms with Gasteiger partial charge in [-0.1, -0.05) is 55.7 Å². The molecule has 7 heteroatoms. The monoisotopic (exact) mass is 431 g/mol. The highest BCUT2D eigenvalue weighted by molar-refractivity contribution is 5.22. The van der Waals surface area contributed by atoms with Gasteiger partial charge in [-0.05, 0) is 46.9 Å². The second kappa shape index (κ2) is 10.3. The number of nitrogens with zero attached hydrogens (tertiary/aromatic N) is 7. The van der Waals surface area contributed by atoms with Gasteiger partial charge in [-0.3, -0.25) is 14.8 Å². The minimum atomic E-state index is 0.0305. The summed E-state index contributed by atoms with van der Waals surface area (Å²) >= 11 is 0. The summed E-state index contributed by atoms with van der Waals surface area (Å²) in [5, 5.41) is 12.9. The van der Waals surface area contributed by atoms with Gasteiger partial charge in [-0.15, -0.1) is 5.10 Å². The van der Waals surface area contributed by atoms with Gasteiger partial charge in [0, 0.05) is 51.2 Å². The topological polar surface area (TPSA) is 63.0 Å². The van der Waals surface area contributed by atoms with Crippen molar-refractivity contribution >= 4 is 0 Å². The number of hydrogen-bond acceptors (Lipinski definition) is 6. The van der Waals surface area contributed by atoms with E-state index in [0.717, 1.165) is 56.6 Å². The number of benzene rings is 1. The Morgan fingerprint density at radius 1 is 0.906 bits per heavy atom. The predicted octanol–water partition coefficient (Wildman–Crippen LogP) is 3.35. The fraction of sp³-hybridized carbons (Fsp3) is 0.520. The van der Waals surface area contributed by atoms with Crippen LogP contribution in [0.2, 0.25) is 0 Å². The number of aryl methyl sites for hydroxylation is 2. The van der Waals surface area contributed by atoms with Crippen LogP contribution >= 0.6 is 0 Å². The molecule has 1 atom stereocenters. The lowest BCUT2D eigenvalue weighted by Crippen LogP contribution is -2.52. The van der Waals surface area contributed by atoms with Crippen LogP contribution in [-0.4, -0.2) is 67.2 Å². The summed E-state index contributed by atoms with van der Waals surface area (Å²) < 4.78 is 1.98. The zero-order chi connectivity index (χ0) is 21.6. The molecule has 1 aromatic carbocycles. The summed E-state index contributed by atoms with van der Waals surface area (Å²) in [6.45, 7) is 5.06. The van der Waals surface area contributed by atoms with E-state index in [-0.39, 0.29) is 6.04 Å². The Labute approximate surface area is 190 Å². The van der Waals surface area contributed by atoms with E-state index in [0.29, 0.717) is 0 Å². The maximum atomic E-state index is 4.51. The molecule has 3 aromatic rings. The van der Waals surface area contributed by atoms with Crippen molar-refractivity contribution in [2.45, 2.75) is 57.2 Å². The first-order chi connectivity index (χ1) is 15.9. The average molecular weight is 432 g/mol. The van der Waals surface area contributed by atoms with Gasteiger partial charge in [-0.2, -0.15) is 0 Å². The van der Waals surface area contributed by atoms with Crippen molar-refractivity contribution in [3.8, 4) is 0 Å². The Bertz CT molecular complexity index is 945. The second-order valence-corrected chi connectivity index (χ2v) is 9.05. The zero-order valence-corrected chi connectivity index (χ0v) is 18.8. The third kappa shape index (κ3) is 4.89. The molecule has 0 N–H and O–H groups in total. The van der Waals surface area contributed by atoms with Crippen molar-refractivity contribution in [2.24, 2.45) is 0 Å². The SMILES string of the molecule is c1ccc(CCn2nnnc2C(c2cccnc2)N2CCN(C3CCCCC3)CC2)cc1. The Balaban J connectivity index is 1.33. The summed E-state index contributed by atoms with van der Waals surface area (Å²) in [7, 11) is 0. The fourth-order valence-corrected chi connectivity index (χ4v) is 5.31. The second-order valence-electron chi connectivity index (χ2n) is 9.05. The molecule has 1 unspecified atom stereocenters. The maximum Gasteiger partial charge on any atom is 0.173 e. The van der Waals surface area contributed by atoms with Crippen molar-refractivity contribution in [1.29, 1.82) is 0 Å². The molecule has 1 saturated heterocycles. The van der Waals surface area contributed by atoms with Crippen LogP contribution in [0, 0.1) is 0 Å². The van der Waals surface area contributed by atoms with E-state index in [2.05, 4.69) is 66.7 Å². The van der Waals surface area contributed by atoms with Gasteiger partial charge in [0.2, 0.25) is 0 Å². The van der Waals surface area contributed by atoms with E-state index in [1.807, 2.05) is 23.1 Å². The molecule has 5 rings (SSSR count). The summed E-state index contributed by atoms with van der Waals surface area (Å²) in [5.74, 6) is 0.917. The molecule has 0 bridgehead atoms. The van der Waals surface area contributed by atoms with Crippen LogP contribution in [-0.2, 0) is 13.0 Å². The lowest BCUT2D eigenvalue weighted by atomic mass is 9.93. The Kier molecular flexibility index (Phi) is 6.84. The number of pyridine rings is 1. The van der Waals surface area contributed by atoms with Crippen LogP contribution in [0.15, 0.2) is 54.9 Å². The van der Waals surface area contributed by atoms with E-state index >= 15 is 0 Å². The molecule has 3 heterocycles. The van der Waals surface area contributed by atoms with Gasteiger partial charge in [0.25, 0.3) is 0 Å². The number of aromatic nitrogens is 5. The molecule has 2 fully saturated rings. The first-order valence-electron chi connectivity index (χ1n) is 12.1. The average Bonchev–Trinajstić information content (AvgIpc) is 3.33. The molecule has 0 spiro atoms. The van der Waals surface area contributed by atoms with Crippen molar-refractivity contribution in [3.05, 3.63) is 71.8 Å². The molecule has 0 radical (unpaired) electrons.